The Morgan fingerprint density at radius 2 is 2.00 bits per heavy atom. The van der Waals surface area contributed by atoms with Gasteiger partial charge in [-0.2, -0.15) is 0 Å². The normalized spacial score (nSPS) is 20.7. The zero-order chi connectivity index (χ0) is 17.9. The van der Waals surface area contributed by atoms with Crippen LogP contribution in [0.3, 0.4) is 0 Å². The van der Waals surface area contributed by atoms with Crippen molar-refractivity contribution in [1.29, 1.82) is 0 Å². The van der Waals surface area contributed by atoms with Crippen molar-refractivity contribution < 1.29 is 14.1 Å². The lowest BCUT2D eigenvalue weighted by atomic mass is 9.95. The number of aromatic nitrogens is 3. The SMILES string of the molecule is C[NH+]1CCN(c2ncnc3c2oc2nc4c(cc23)COC(C)(C)C4)CC1. The van der Waals surface area contributed by atoms with Crippen LogP contribution in [0, 0.1) is 0 Å². The molecule has 7 heteroatoms. The molecule has 5 heterocycles. The summed E-state index contributed by atoms with van der Waals surface area (Å²) in [7, 11) is 2.23. The molecule has 26 heavy (non-hydrogen) atoms. The molecule has 0 saturated carbocycles. The number of ether oxygens (including phenoxy) is 1. The van der Waals surface area contributed by atoms with Crippen LogP contribution in [0.4, 0.5) is 5.82 Å². The number of likely N-dealkylation sites (N-methyl/N-ethyl adjacent to an activating group) is 1. The van der Waals surface area contributed by atoms with E-state index < -0.39 is 0 Å². The first-order chi connectivity index (χ1) is 12.5. The number of nitrogens with zero attached hydrogens (tertiary/aromatic N) is 4. The average molecular weight is 354 g/mol. The highest BCUT2D eigenvalue weighted by Gasteiger charge is 2.29. The lowest BCUT2D eigenvalue weighted by molar-refractivity contribution is -0.880. The Morgan fingerprint density at radius 3 is 2.81 bits per heavy atom. The molecule has 1 N–H and O–H groups in total. The summed E-state index contributed by atoms with van der Waals surface area (Å²) in [6.45, 7) is 8.92. The second-order valence-corrected chi connectivity index (χ2v) is 8.09. The molecule has 0 radical (unpaired) electrons. The van der Waals surface area contributed by atoms with Crippen molar-refractivity contribution in [2.45, 2.75) is 32.5 Å². The highest BCUT2D eigenvalue weighted by molar-refractivity contribution is 6.04. The van der Waals surface area contributed by atoms with Crippen molar-refractivity contribution in [3.05, 3.63) is 23.7 Å². The van der Waals surface area contributed by atoms with Crippen LogP contribution in [0.5, 0.6) is 0 Å². The number of nitrogens with one attached hydrogen (secondary N) is 1. The van der Waals surface area contributed by atoms with E-state index in [4.69, 9.17) is 14.1 Å². The summed E-state index contributed by atoms with van der Waals surface area (Å²) in [5.74, 6) is 0.884. The van der Waals surface area contributed by atoms with E-state index in [2.05, 4.69) is 41.8 Å². The summed E-state index contributed by atoms with van der Waals surface area (Å²) in [6, 6.07) is 2.13. The first-order valence-corrected chi connectivity index (χ1v) is 9.26. The predicted octanol–water partition coefficient (Wildman–Crippen LogP) is 0.957. The van der Waals surface area contributed by atoms with Gasteiger partial charge in [0.25, 0.3) is 0 Å². The van der Waals surface area contributed by atoms with E-state index in [9.17, 15) is 0 Å². The number of rotatable bonds is 1. The molecule has 0 unspecified atom stereocenters. The Morgan fingerprint density at radius 1 is 1.19 bits per heavy atom. The van der Waals surface area contributed by atoms with Gasteiger partial charge in [0.05, 0.1) is 56.5 Å². The molecule has 3 aromatic heterocycles. The first-order valence-electron chi connectivity index (χ1n) is 9.26. The third kappa shape index (κ3) is 2.54. The quantitative estimate of drug-likeness (QED) is 0.702. The lowest BCUT2D eigenvalue weighted by Crippen LogP contribution is -3.12. The molecule has 1 saturated heterocycles. The highest BCUT2D eigenvalue weighted by atomic mass is 16.5. The monoisotopic (exact) mass is 354 g/mol. The Balaban J connectivity index is 1.64. The number of hydrogen-bond acceptors (Lipinski definition) is 6. The first kappa shape index (κ1) is 16.0. The zero-order valence-corrected chi connectivity index (χ0v) is 15.5. The van der Waals surface area contributed by atoms with Crippen LogP contribution in [0.25, 0.3) is 22.2 Å². The molecule has 3 aromatic rings. The van der Waals surface area contributed by atoms with Crippen LogP contribution in [0.2, 0.25) is 0 Å². The smallest absolute Gasteiger partial charge is 0.229 e. The van der Waals surface area contributed by atoms with Gasteiger partial charge in [-0.15, -0.1) is 0 Å². The molecule has 0 amide bonds. The Kier molecular flexibility index (Phi) is 3.45. The van der Waals surface area contributed by atoms with Crippen molar-refractivity contribution in [1.82, 2.24) is 15.0 Å². The van der Waals surface area contributed by atoms with Crippen molar-refractivity contribution >= 4 is 28.0 Å². The minimum atomic E-state index is -0.188. The Bertz CT molecular complexity index is 988. The molecule has 0 aromatic carbocycles. The summed E-state index contributed by atoms with van der Waals surface area (Å²) >= 11 is 0. The number of fused-ring (bicyclic) bond motifs is 4. The summed E-state index contributed by atoms with van der Waals surface area (Å²) in [6.07, 6.45) is 2.42. The number of piperazine rings is 1. The van der Waals surface area contributed by atoms with Gasteiger partial charge < -0.3 is 19.0 Å². The van der Waals surface area contributed by atoms with E-state index in [-0.39, 0.29) is 5.60 Å². The summed E-state index contributed by atoms with van der Waals surface area (Å²) < 4.78 is 12.1. The van der Waals surface area contributed by atoms with Gasteiger partial charge in [0.1, 0.15) is 11.8 Å². The second kappa shape index (κ2) is 5.62. The molecule has 0 bridgehead atoms. The zero-order valence-electron chi connectivity index (χ0n) is 15.5. The fourth-order valence-electron chi connectivity index (χ4n) is 3.90. The van der Waals surface area contributed by atoms with Crippen molar-refractivity contribution in [2.75, 3.05) is 38.1 Å². The van der Waals surface area contributed by atoms with E-state index in [0.29, 0.717) is 12.3 Å². The molecule has 0 atom stereocenters. The lowest BCUT2D eigenvalue weighted by Gasteiger charge is -2.30. The topological polar surface area (TPSA) is 68.7 Å². The van der Waals surface area contributed by atoms with Crippen LogP contribution in [-0.4, -0.2) is 53.8 Å². The summed E-state index contributed by atoms with van der Waals surface area (Å²) in [5.41, 5.74) is 4.24. The predicted molar refractivity (Wildman–Crippen MR) is 98.5 cm³/mol. The van der Waals surface area contributed by atoms with Crippen LogP contribution in [-0.2, 0) is 17.8 Å². The number of quaternary nitrogens is 1. The van der Waals surface area contributed by atoms with Crippen molar-refractivity contribution in [3.8, 4) is 0 Å². The van der Waals surface area contributed by atoms with Gasteiger partial charge in [-0.3, -0.25) is 0 Å². The summed E-state index contributed by atoms with van der Waals surface area (Å²) in [5, 5.41) is 0.949. The van der Waals surface area contributed by atoms with Crippen LogP contribution >= 0.6 is 0 Å². The van der Waals surface area contributed by atoms with Gasteiger partial charge in [0.2, 0.25) is 5.71 Å². The molecular formula is C19H24N5O2+. The number of pyridine rings is 1. The Labute approximate surface area is 152 Å². The standard InChI is InChI=1S/C19H23N5O2/c1-19(2)9-14-12(10-25-19)8-13-15-16(26-18(13)22-14)17(21-11-20-15)24-6-4-23(3)5-7-24/h8,11H,4-7,9-10H2,1-3H3/p+1. The van der Waals surface area contributed by atoms with Gasteiger partial charge in [-0.05, 0) is 19.9 Å². The molecule has 2 aliphatic rings. The number of furan rings is 1. The maximum absolute atomic E-state index is 6.17. The molecule has 0 aliphatic carbocycles. The fraction of sp³-hybridized carbons (Fsp3) is 0.526. The minimum absolute atomic E-state index is 0.188. The Hall–Kier alpha value is -2.25. The number of anilines is 1. The van der Waals surface area contributed by atoms with Crippen LogP contribution in [0.15, 0.2) is 16.8 Å². The molecule has 7 nitrogen and oxygen atoms in total. The van der Waals surface area contributed by atoms with E-state index in [0.717, 1.165) is 66.2 Å². The third-order valence-electron chi connectivity index (χ3n) is 5.52. The summed E-state index contributed by atoms with van der Waals surface area (Å²) in [4.78, 5) is 17.7. The maximum Gasteiger partial charge on any atom is 0.229 e. The van der Waals surface area contributed by atoms with E-state index in [1.54, 1.807) is 11.2 Å². The largest absolute Gasteiger partial charge is 0.432 e. The van der Waals surface area contributed by atoms with Crippen molar-refractivity contribution in [2.24, 2.45) is 0 Å². The van der Waals surface area contributed by atoms with E-state index in [1.807, 2.05) is 0 Å². The second-order valence-electron chi connectivity index (χ2n) is 8.09. The van der Waals surface area contributed by atoms with Gasteiger partial charge in [0.15, 0.2) is 11.4 Å². The average Bonchev–Trinajstić information content (AvgIpc) is 2.97. The molecular weight excluding hydrogens is 330 g/mol. The third-order valence-corrected chi connectivity index (χ3v) is 5.52. The fourth-order valence-corrected chi connectivity index (χ4v) is 3.90. The van der Waals surface area contributed by atoms with Crippen LogP contribution < -0.4 is 9.80 Å². The van der Waals surface area contributed by atoms with Gasteiger partial charge >= 0.3 is 0 Å². The van der Waals surface area contributed by atoms with Gasteiger partial charge in [-0.25, -0.2) is 15.0 Å². The van der Waals surface area contributed by atoms with E-state index in [1.165, 1.54) is 0 Å². The highest BCUT2D eigenvalue weighted by Crippen LogP contribution is 2.35. The van der Waals surface area contributed by atoms with Gasteiger partial charge in [0, 0.05) is 12.0 Å². The molecule has 0 spiro atoms. The number of hydrogen-bond donors (Lipinski definition) is 1. The molecule has 136 valence electrons. The van der Waals surface area contributed by atoms with Gasteiger partial charge in [-0.1, -0.05) is 0 Å². The van der Waals surface area contributed by atoms with E-state index >= 15 is 0 Å². The molecule has 2 aliphatic heterocycles. The molecule has 5 rings (SSSR count). The minimum Gasteiger partial charge on any atom is -0.432 e. The van der Waals surface area contributed by atoms with Crippen LogP contribution in [0.1, 0.15) is 25.1 Å². The van der Waals surface area contributed by atoms with Crippen molar-refractivity contribution in [3.63, 3.8) is 0 Å². The maximum atomic E-state index is 6.17. The molecule has 1 fully saturated rings.